The molecule has 0 spiro atoms. The highest BCUT2D eigenvalue weighted by molar-refractivity contribution is 7.84. The Morgan fingerprint density at radius 1 is 1.50 bits per heavy atom. The lowest BCUT2D eigenvalue weighted by Gasteiger charge is -2.30. The van der Waals surface area contributed by atoms with Crippen molar-refractivity contribution < 1.29 is 22.8 Å². The molecule has 1 heterocycles. The predicted molar refractivity (Wildman–Crippen MR) is 67.7 cm³/mol. The van der Waals surface area contributed by atoms with Crippen LogP contribution in [0.15, 0.2) is 24.3 Å². The van der Waals surface area contributed by atoms with Gasteiger partial charge in [0.25, 0.3) is 0 Å². The highest BCUT2D eigenvalue weighted by Crippen LogP contribution is 2.51. The second kappa shape index (κ2) is 3.79. The average Bonchev–Trinajstić information content (AvgIpc) is 2.72. The zero-order valence-electron chi connectivity index (χ0n) is 10.2. The molecule has 0 radical (unpaired) electrons. The van der Waals surface area contributed by atoms with Crippen LogP contribution in [0.4, 0.5) is 0 Å². The number of fused-ring (bicyclic) bond motifs is 3. The summed E-state index contributed by atoms with van der Waals surface area (Å²) < 4.78 is 29.2. The summed E-state index contributed by atoms with van der Waals surface area (Å²) in [6.07, 6.45) is 5.13. The van der Waals surface area contributed by atoms with E-state index in [4.69, 9.17) is 16.3 Å². The van der Waals surface area contributed by atoms with E-state index in [9.17, 15) is 18.6 Å². The summed E-state index contributed by atoms with van der Waals surface area (Å²) in [5.74, 6) is -1.39. The predicted octanol–water partition coefficient (Wildman–Crippen LogP) is -1.21. The Balaban J connectivity index is 2.23. The third-order valence-electron chi connectivity index (χ3n) is 3.52. The lowest BCUT2D eigenvalue weighted by atomic mass is 10.0. The maximum atomic E-state index is 12.0. The normalized spacial score (nSPS) is 31.6. The van der Waals surface area contributed by atoms with Gasteiger partial charge in [-0.3, -0.25) is 0 Å². The first-order valence-corrected chi connectivity index (χ1v) is 7.12. The van der Waals surface area contributed by atoms with Crippen LogP contribution in [0.1, 0.15) is 17.2 Å². The number of hydrogen-bond donors (Lipinski definition) is 3. The van der Waals surface area contributed by atoms with E-state index in [2.05, 4.69) is 0 Å². The van der Waals surface area contributed by atoms with Crippen LogP contribution < -0.4 is 5.73 Å². The van der Waals surface area contributed by atoms with Crippen LogP contribution in [0.25, 0.3) is 0 Å². The minimum absolute atomic E-state index is 0.129. The first-order valence-electron chi connectivity index (χ1n) is 5.75. The summed E-state index contributed by atoms with van der Waals surface area (Å²) in [6, 6.07) is 5.80. The SMILES string of the molecule is C#CC(O)(O)N1C2c3ccccc3CC2(N)OS1(=O)=O. The topological polar surface area (TPSA) is 113 Å². The van der Waals surface area contributed by atoms with E-state index in [1.165, 1.54) is 0 Å². The van der Waals surface area contributed by atoms with Crippen molar-refractivity contribution in [3.05, 3.63) is 35.4 Å². The van der Waals surface area contributed by atoms with Crippen LogP contribution in [-0.2, 0) is 20.9 Å². The van der Waals surface area contributed by atoms with Gasteiger partial charge in [0, 0.05) is 6.42 Å². The van der Waals surface area contributed by atoms with Gasteiger partial charge in [0.1, 0.15) is 6.04 Å². The Hall–Kier alpha value is -1.47. The molecule has 4 N–H and O–H groups in total. The van der Waals surface area contributed by atoms with E-state index in [-0.39, 0.29) is 6.42 Å². The van der Waals surface area contributed by atoms with Crippen LogP contribution >= 0.6 is 0 Å². The Kier molecular flexibility index (Phi) is 2.56. The van der Waals surface area contributed by atoms with Gasteiger partial charge < -0.3 is 15.9 Å². The van der Waals surface area contributed by atoms with Crippen LogP contribution in [0.5, 0.6) is 0 Å². The largest absolute Gasteiger partial charge is 0.346 e. The summed E-state index contributed by atoms with van der Waals surface area (Å²) in [4.78, 5) is 0. The van der Waals surface area contributed by atoms with E-state index < -0.39 is 28.0 Å². The third kappa shape index (κ3) is 1.63. The van der Waals surface area contributed by atoms with Crippen molar-refractivity contribution >= 4 is 10.3 Å². The second-order valence-electron chi connectivity index (χ2n) is 4.85. The summed E-state index contributed by atoms with van der Waals surface area (Å²) in [7, 11) is -4.45. The zero-order chi connectivity index (χ0) is 14.8. The standard InChI is InChI=1S/C12H12N2O5S/c1-2-12(15,16)14-10-9-6-4-3-5-8(9)7-11(10,13)19-20(14,17)18/h1,3-6,10,15-16H,7,13H2. The number of nitrogens with zero attached hydrogens (tertiary/aromatic N) is 1. The molecule has 1 aromatic carbocycles. The Morgan fingerprint density at radius 2 is 2.15 bits per heavy atom. The summed E-state index contributed by atoms with van der Waals surface area (Å²) in [6.45, 7) is 0. The van der Waals surface area contributed by atoms with Gasteiger partial charge in [-0.15, -0.1) is 10.7 Å². The molecule has 0 aromatic heterocycles. The number of nitrogens with two attached hydrogens (primary N) is 1. The molecule has 1 aliphatic carbocycles. The highest BCUT2D eigenvalue weighted by Gasteiger charge is 2.65. The van der Waals surface area contributed by atoms with Crippen LogP contribution in [0.2, 0.25) is 0 Å². The van der Waals surface area contributed by atoms with E-state index in [0.29, 0.717) is 9.87 Å². The fourth-order valence-corrected chi connectivity index (χ4v) is 4.32. The maximum absolute atomic E-state index is 12.0. The van der Waals surface area contributed by atoms with Crippen LogP contribution in [0.3, 0.4) is 0 Å². The van der Waals surface area contributed by atoms with Gasteiger partial charge >= 0.3 is 16.2 Å². The monoisotopic (exact) mass is 296 g/mol. The molecule has 1 fully saturated rings. The molecule has 8 heteroatoms. The molecule has 0 saturated carbocycles. The van der Waals surface area contributed by atoms with Gasteiger partial charge in [0.05, 0.1) is 0 Å². The molecule has 106 valence electrons. The van der Waals surface area contributed by atoms with E-state index in [0.717, 1.165) is 5.56 Å². The minimum Gasteiger partial charge on any atom is -0.342 e. The van der Waals surface area contributed by atoms with Gasteiger partial charge in [0.2, 0.25) is 0 Å². The van der Waals surface area contributed by atoms with E-state index in [1.54, 1.807) is 30.2 Å². The number of benzene rings is 1. The molecule has 1 aliphatic heterocycles. The molecule has 2 aliphatic rings. The fourth-order valence-electron chi connectivity index (χ4n) is 2.78. The fraction of sp³-hybridized carbons (Fsp3) is 0.333. The van der Waals surface area contributed by atoms with Crippen molar-refractivity contribution in [2.24, 2.45) is 5.73 Å². The van der Waals surface area contributed by atoms with Gasteiger partial charge in [-0.25, -0.2) is 4.18 Å². The first-order chi connectivity index (χ1) is 9.21. The molecule has 20 heavy (non-hydrogen) atoms. The van der Waals surface area contributed by atoms with Gasteiger partial charge in [-0.2, -0.15) is 8.42 Å². The van der Waals surface area contributed by atoms with Gasteiger partial charge in [-0.05, 0) is 17.0 Å². The molecule has 3 rings (SSSR count). The van der Waals surface area contributed by atoms with Crippen molar-refractivity contribution in [2.75, 3.05) is 0 Å². The molecule has 1 aromatic rings. The zero-order valence-corrected chi connectivity index (χ0v) is 11.0. The molecule has 0 bridgehead atoms. The number of rotatable bonds is 1. The number of terminal acetylenes is 1. The first kappa shape index (κ1) is 13.5. The van der Waals surface area contributed by atoms with E-state index in [1.807, 2.05) is 0 Å². The smallest absolute Gasteiger partial charge is 0.342 e. The number of aliphatic hydroxyl groups is 2. The van der Waals surface area contributed by atoms with E-state index >= 15 is 0 Å². The molecule has 0 amide bonds. The number of hydrogen-bond acceptors (Lipinski definition) is 6. The van der Waals surface area contributed by atoms with Crippen molar-refractivity contribution in [2.45, 2.75) is 24.1 Å². The summed E-state index contributed by atoms with van der Waals surface area (Å²) in [5, 5.41) is 19.6. The molecule has 2 unspecified atom stereocenters. The lowest BCUT2D eigenvalue weighted by molar-refractivity contribution is -0.197. The average molecular weight is 296 g/mol. The third-order valence-corrected chi connectivity index (χ3v) is 4.98. The molecule has 7 nitrogen and oxygen atoms in total. The Labute approximate surface area is 115 Å². The van der Waals surface area contributed by atoms with Crippen molar-refractivity contribution in [1.29, 1.82) is 0 Å². The molecule has 1 saturated heterocycles. The molecular weight excluding hydrogens is 284 g/mol. The highest BCUT2D eigenvalue weighted by atomic mass is 32.2. The van der Waals surface area contributed by atoms with Crippen molar-refractivity contribution in [3.63, 3.8) is 0 Å². The second-order valence-corrected chi connectivity index (χ2v) is 6.27. The Bertz CT molecular complexity index is 724. The van der Waals surface area contributed by atoms with Crippen LogP contribution in [-0.4, -0.2) is 34.6 Å². The quantitative estimate of drug-likeness (QED) is 0.442. The molecule has 2 atom stereocenters. The minimum atomic E-state index is -4.45. The molecular formula is C12H12N2O5S. The van der Waals surface area contributed by atoms with Crippen LogP contribution in [0, 0.1) is 12.3 Å². The van der Waals surface area contributed by atoms with Gasteiger partial charge in [0.15, 0.2) is 5.72 Å². The van der Waals surface area contributed by atoms with Crippen molar-refractivity contribution in [3.8, 4) is 12.3 Å². The lowest BCUT2D eigenvalue weighted by Crippen LogP contribution is -2.52. The Morgan fingerprint density at radius 3 is 2.80 bits per heavy atom. The van der Waals surface area contributed by atoms with Crippen molar-refractivity contribution in [1.82, 2.24) is 4.31 Å². The maximum Gasteiger partial charge on any atom is 0.346 e. The van der Waals surface area contributed by atoms with Gasteiger partial charge in [-0.1, -0.05) is 24.3 Å². The summed E-state index contributed by atoms with van der Waals surface area (Å²) >= 11 is 0. The summed E-state index contributed by atoms with van der Waals surface area (Å²) in [5.41, 5.74) is 5.71.